The average molecular weight is 340 g/mol. The molecule has 0 spiro atoms. The fourth-order valence-corrected chi connectivity index (χ4v) is 3.36. The number of hydrogen-bond donors (Lipinski definition) is 0. The van der Waals surface area contributed by atoms with Crippen LogP contribution in [0.2, 0.25) is 0 Å². The number of aryl methyl sites for hydroxylation is 2. The maximum atomic E-state index is 12.7. The summed E-state index contributed by atoms with van der Waals surface area (Å²) >= 11 is 0. The van der Waals surface area contributed by atoms with E-state index < -0.39 is 0 Å². The number of likely N-dealkylation sites (tertiary alicyclic amines) is 1. The Bertz CT molecular complexity index is 881. The normalized spacial score (nSPS) is 18.0. The predicted octanol–water partition coefficient (Wildman–Crippen LogP) is 0.739. The zero-order valence-electron chi connectivity index (χ0n) is 14.3. The maximum absolute atomic E-state index is 12.7. The molecule has 1 atom stereocenters. The van der Waals surface area contributed by atoms with E-state index in [1.54, 1.807) is 23.0 Å². The second kappa shape index (κ2) is 6.23. The quantitative estimate of drug-likeness (QED) is 0.698. The van der Waals surface area contributed by atoms with Crippen LogP contribution in [0.1, 0.15) is 36.4 Å². The van der Waals surface area contributed by atoms with Crippen LogP contribution in [0.15, 0.2) is 18.5 Å². The van der Waals surface area contributed by atoms with Gasteiger partial charge in [0.1, 0.15) is 11.6 Å². The fourth-order valence-electron chi connectivity index (χ4n) is 3.36. The van der Waals surface area contributed by atoms with Crippen LogP contribution >= 0.6 is 0 Å². The monoisotopic (exact) mass is 340 g/mol. The largest absolute Gasteiger partial charge is 0.340 e. The van der Waals surface area contributed by atoms with Crippen LogP contribution in [-0.4, -0.2) is 58.2 Å². The summed E-state index contributed by atoms with van der Waals surface area (Å²) in [6.45, 7) is 5.24. The van der Waals surface area contributed by atoms with Gasteiger partial charge in [-0.15, -0.1) is 5.10 Å². The van der Waals surface area contributed by atoms with Crippen LogP contribution in [0.25, 0.3) is 5.78 Å². The van der Waals surface area contributed by atoms with Gasteiger partial charge in [0.2, 0.25) is 5.91 Å². The lowest BCUT2D eigenvalue weighted by Gasteiger charge is -2.33. The summed E-state index contributed by atoms with van der Waals surface area (Å²) < 4.78 is 3.53. The average Bonchev–Trinajstić information content (AvgIpc) is 3.16. The Morgan fingerprint density at radius 3 is 2.92 bits per heavy atom. The number of rotatable bonds is 3. The molecular weight excluding hydrogens is 320 g/mol. The first-order valence-corrected chi connectivity index (χ1v) is 8.44. The summed E-state index contributed by atoms with van der Waals surface area (Å²) in [7, 11) is 0. The zero-order valence-corrected chi connectivity index (χ0v) is 14.3. The third kappa shape index (κ3) is 3.09. The van der Waals surface area contributed by atoms with Crippen molar-refractivity contribution in [3.63, 3.8) is 0 Å². The molecule has 9 heteroatoms. The van der Waals surface area contributed by atoms with Crippen molar-refractivity contribution in [1.82, 2.24) is 39.2 Å². The summed E-state index contributed by atoms with van der Waals surface area (Å²) in [4.78, 5) is 27.4. The number of amides is 1. The van der Waals surface area contributed by atoms with Crippen molar-refractivity contribution in [3.05, 3.63) is 35.9 Å². The third-order valence-corrected chi connectivity index (χ3v) is 4.47. The first kappa shape index (κ1) is 15.7. The molecular formula is C16H20N8O. The highest BCUT2D eigenvalue weighted by atomic mass is 16.2. The van der Waals surface area contributed by atoms with Gasteiger partial charge in [-0.25, -0.2) is 19.2 Å². The Balaban J connectivity index is 1.47. The summed E-state index contributed by atoms with van der Waals surface area (Å²) in [6.07, 6.45) is 5.58. The molecule has 1 saturated heterocycles. The van der Waals surface area contributed by atoms with Gasteiger partial charge in [0.25, 0.3) is 5.78 Å². The van der Waals surface area contributed by atoms with E-state index in [4.69, 9.17) is 0 Å². The molecule has 1 amide bonds. The predicted molar refractivity (Wildman–Crippen MR) is 88.8 cm³/mol. The van der Waals surface area contributed by atoms with Gasteiger partial charge in [-0.3, -0.25) is 4.79 Å². The second-order valence-electron chi connectivity index (χ2n) is 6.36. The number of carbonyl (C=O) groups is 1. The lowest BCUT2D eigenvalue weighted by Crippen LogP contribution is -2.42. The van der Waals surface area contributed by atoms with Crippen molar-refractivity contribution in [2.45, 2.75) is 39.2 Å². The molecule has 0 saturated carbocycles. The number of carbonyl (C=O) groups excluding carboxylic acids is 1. The fraction of sp³-hybridized carbons (Fsp3) is 0.500. The van der Waals surface area contributed by atoms with Crippen molar-refractivity contribution in [2.75, 3.05) is 13.1 Å². The van der Waals surface area contributed by atoms with Crippen molar-refractivity contribution in [2.24, 2.45) is 0 Å². The van der Waals surface area contributed by atoms with E-state index in [9.17, 15) is 4.79 Å². The van der Waals surface area contributed by atoms with E-state index in [1.807, 2.05) is 23.4 Å². The lowest BCUT2D eigenvalue weighted by molar-refractivity contribution is -0.132. The number of aromatic nitrogens is 7. The summed E-state index contributed by atoms with van der Waals surface area (Å²) in [6, 6.07) is 1.96. The minimum absolute atomic E-state index is 0.0371. The molecule has 1 fully saturated rings. The SMILES string of the molecule is Cc1nc(C)n([C@@H]2CCCN(C(=O)Cc3nc4ncccn4n3)C2)n1. The molecule has 1 aliphatic rings. The van der Waals surface area contributed by atoms with E-state index in [0.717, 1.165) is 31.0 Å². The smallest absolute Gasteiger partial charge is 0.252 e. The summed E-state index contributed by atoms with van der Waals surface area (Å²) in [5.41, 5.74) is 0. The van der Waals surface area contributed by atoms with Gasteiger partial charge in [-0.1, -0.05) is 0 Å². The Morgan fingerprint density at radius 1 is 1.28 bits per heavy atom. The van der Waals surface area contributed by atoms with E-state index >= 15 is 0 Å². The number of nitrogens with zero attached hydrogens (tertiary/aromatic N) is 8. The molecule has 4 rings (SSSR count). The van der Waals surface area contributed by atoms with Crippen LogP contribution in [-0.2, 0) is 11.2 Å². The topological polar surface area (TPSA) is 94.1 Å². The highest BCUT2D eigenvalue weighted by Gasteiger charge is 2.27. The lowest BCUT2D eigenvalue weighted by atomic mass is 10.1. The van der Waals surface area contributed by atoms with Crippen LogP contribution in [0.4, 0.5) is 0 Å². The Labute approximate surface area is 144 Å². The highest BCUT2D eigenvalue weighted by Crippen LogP contribution is 2.22. The second-order valence-corrected chi connectivity index (χ2v) is 6.36. The Morgan fingerprint density at radius 2 is 2.16 bits per heavy atom. The van der Waals surface area contributed by atoms with Crippen LogP contribution in [0.5, 0.6) is 0 Å². The van der Waals surface area contributed by atoms with Gasteiger partial charge in [0.05, 0.1) is 12.5 Å². The number of piperidine rings is 1. The molecule has 1 aliphatic heterocycles. The molecule has 3 aromatic heterocycles. The van der Waals surface area contributed by atoms with Crippen molar-refractivity contribution in [1.29, 1.82) is 0 Å². The number of fused-ring (bicyclic) bond motifs is 1. The summed E-state index contributed by atoms with van der Waals surface area (Å²) in [5, 5.41) is 8.78. The van der Waals surface area contributed by atoms with E-state index in [1.165, 1.54) is 0 Å². The van der Waals surface area contributed by atoms with Gasteiger partial charge >= 0.3 is 0 Å². The maximum Gasteiger partial charge on any atom is 0.252 e. The standard InChI is InChI=1S/C16H20N8O/c1-11-18-12(2)24(20-11)13-5-3-7-22(10-13)15(25)9-14-19-16-17-6-4-8-23(16)21-14/h4,6,8,13H,3,5,7,9-10H2,1-2H3/t13-/m1/s1. The molecule has 0 N–H and O–H groups in total. The van der Waals surface area contributed by atoms with Crippen molar-refractivity contribution >= 4 is 11.7 Å². The van der Waals surface area contributed by atoms with Crippen LogP contribution in [0, 0.1) is 13.8 Å². The Hall–Kier alpha value is -2.84. The molecule has 25 heavy (non-hydrogen) atoms. The van der Waals surface area contributed by atoms with E-state index in [2.05, 4.69) is 25.1 Å². The molecule has 0 bridgehead atoms. The molecule has 0 aliphatic carbocycles. The van der Waals surface area contributed by atoms with Crippen molar-refractivity contribution in [3.8, 4) is 0 Å². The van der Waals surface area contributed by atoms with Crippen LogP contribution < -0.4 is 0 Å². The third-order valence-electron chi connectivity index (χ3n) is 4.47. The van der Waals surface area contributed by atoms with Gasteiger partial charge in [-0.05, 0) is 32.8 Å². The molecule has 130 valence electrons. The minimum atomic E-state index is 0.0371. The number of hydrogen-bond acceptors (Lipinski definition) is 6. The van der Waals surface area contributed by atoms with Gasteiger partial charge < -0.3 is 4.90 Å². The molecule has 3 aromatic rings. The molecule has 0 unspecified atom stereocenters. The van der Waals surface area contributed by atoms with E-state index in [0.29, 0.717) is 18.1 Å². The van der Waals surface area contributed by atoms with Gasteiger partial charge in [0, 0.05) is 25.5 Å². The van der Waals surface area contributed by atoms with Gasteiger partial charge in [0.15, 0.2) is 5.82 Å². The first-order valence-electron chi connectivity index (χ1n) is 8.44. The van der Waals surface area contributed by atoms with E-state index in [-0.39, 0.29) is 18.4 Å². The summed E-state index contributed by atoms with van der Waals surface area (Å²) in [5.74, 6) is 2.71. The molecule has 0 radical (unpaired) electrons. The van der Waals surface area contributed by atoms with Crippen molar-refractivity contribution < 1.29 is 4.79 Å². The Kier molecular flexibility index (Phi) is 3.90. The molecule has 9 nitrogen and oxygen atoms in total. The highest BCUT2D eigenvalue weighted by molar-refractivity contribution is 5.78. The molecule has 0 aromatic carbocycles. The zero-order chi connectivity index (χ0) is 17.4. The van der Waals surface area contributed by atoms with Crippen LogP contribution in [0.3, 0.4) is 0 Å². The van der Waals surface area contributed by atoms with Gasteiger partial charge in [-0.2, -0.15) is 10.1 Å². The minimum Gasteiger partial charge on any atom is -0.340 e. The first-order chi connectivity index (χ1) is 12.1. The molecule has 4 heterocycles.